The molecule has 5 rings (SSSR count). The van der Waals surface area contributed by atoms with Crippen molar-refractivity contribution in [3.63, 3.8) is 0 Å². The number of pyridine rings is 2. The summed E-state index contributed by atoms with van der Waals surface area (Å²) in [7, 11) is 1.81. The van der Waals surface area contributed by atoms with Crippen molar-refractivity contribution in [2.24, 2.45) is 7.05 Å². The van der Waals surface area contributed by atoms with Crippen LogP contribution in [0.2, 0.25) is 0 Å². The monoisotopic (exact) mass is 361 g/mol. The van der Waals surface area contributed by atoms with Crippen LogP contribution in [0.15, 0.2) is 36.7 Å². The molecule has 0 bridgehead atoms. The number of carbonyl (C=O) groups excluding carboxylic acids is 1. The molecule has 0 atom stereocenters. The Morgan fingerprint density at radius 3 is 2.59 bits per heavy atom. The van der Waals surface area contributed by atoms with Crippen molar-refractivity contribution < 1.29 is 4.79 Å². The number of hydrogen-bond acceptors (Lipinski definition) is 4. The molecule has 2 aliphatic rings. The zero-order valence-electron chi connectivity index (χ0n) is 15.5. The van der Waals surface area contributed by atoms with Gasteiger partial charge in [-0.25, -0.2) is 9.97 Å². The first-order valence-electron chi connectivity index (χ1n) is 9.73. The maximum absolute atomic E-state index is 12.6. The molecule has 27 heavy (non-hydrogen) atoms. The van der Waals surface area contributed by atoms with Crippen LogP contribution in [0.3, 0.4) is 0 Å². The normalized spacial score (nSPS) is 18.2. The van der Waals surface area contributed by atoms with Gasteiger partial charge in [0, 0.05) is 49.5 Å². The Morgan fingerprint density at radius 2 is 1.89 bits per heavy atom. The van der Waals surface area contributed by atoms with Crippen LogP contribution in [-0.4, -0.2) is 43.6 Å². The molecule has 4 heterocycles. The van der Waals surface area contributed by atoms with Crippen molar-refractivity contribution in [2.75, 3.05) is 13.1 Å². The van der Waals surface area contributed by atoms with Crippen LogP contribution in [-0.2, 0) is 7.05 Å². The summed E-state index contributed by atoms with van der Waals surface area (Å²) in [5.74, 6) is 1.16. The predicted octanol–water partition coefficient (Wildman–Crippen LogP) is 3.26. The van der Waals surface area contributed by atoms with E-state index in [2.05, 4.69) is 28.3 Å². The standard InChI is InChI=1S/C21H23N5O/c1-25-19(6-9-23-25)21(27)26-10-7-15(8-11-26)18-5-4-16-12-17(14-2-3-14)13-22-20(16)24-18/h4-6,9,12-15H,2-3,7-8,10-11H2,1H3. The highest BCUT2D eigenvalue weighted by atomic mass is 16.2. The zero-order valence-corrected chi connectivity index (χ0v) is 15.5. The topological polar surface area (TPSA) is 63.9 Å². The fourth-order valence-electron chi connectivity index (χ4n) is 4.03. The Hall–Kier alpha value is -2.76. The molecule has 0 aromatic carbocycles. The lowest BCUT2D eigenvalue weighted by atomic mass is 9.92. The number of nitrogens with zero attached hydrogens (tertiary/aromatic N) is 5. The van der Waals surface area contributed by atoms with Crippen LogP contribution in [0.1, 0.15) is 59.3 Å². The molecule has 3 aromatic rings. The summed E-state index contributed by atoms with van der Waals surface area (Å²) in [6.45, 7) is 1.50. The van der Waals surface area contributed by atoms with Crippen LogP contribution >= 0.6 is 0 Å². The first-order valence-corrected chi connectivity index (χ1v) is 9.73. The molecule has 0 radical (unpaired) electrons. The molecule has 6 nitrogen and oxygen atoms in total. The molecule has 1 saturated carbocycles. The van der Waals surface area contributed by atoms with E-state index in [1.807, 2.05) is 11.1 Å². The van der Waals surface area contributed by atoms with Crippen molar-refractivity contribution in [2.45, 2.75) is 37.5 Å². The van der Waals surface area contributed by atoms with E-state index in [-0.39, 0.29) is 5.91 Å². The molecule has 1 saturated heterocycles. The van der Waals surface area contributed by atoms with E-state index in [1.54, 1.807) is 24.0 Å². The molecule has 1 aliphatic heterocycles. The molecule has 1 amide bonds. The second-order valence-electron chi connectivity index (χ2n) is 7.73. The molecule has 0 N–H and O–H groups in total. The Morgan fingerprint density at radius 1 is 1.07 bits per heavy atom. The maximum atomic E-state index is 12.6. The van der Waals surface area contributed by atoms with E-state index in [0.717, 1.165) is 42.7 Å². The summed E-state index contributed by atoms with van der Waals surface area (Å²) < 4.78 is 1.64. The third-order valence-corrected chi connectivity index (χ3v) is 5.87. The van der Waals surface area contributed by atoms with Gasteiger partial charge in [0.05, 0.1) is 0 Å². The van der Waals surface area contributed by atoms with E-state index < -0.39 is 0 Å². The minimum Gasteiger partial charge on any atom is -0.337 e. The molecular formula is C21H23N5O. The van der Waals surface area contributed by atoms with Gasteiger partial charge in [-0.3, -0.25) is 9.48 Å². The molecular weight excluding hydrogens is 338 g/mol. The second-order valence-corrected chi connectivity index (χ2v) is 7.73. The summed E-state index contributed by atoms with van der Waals surface area (Å²) in [4.78, 5) is 24.0. The second kappa shape index (κ2) is 6.44. The number of rotatable bonds is 3. The van der Waals surface area contributed by atoms with Gasteiger partial charge >= 0.3 is 0 Å². The smallest absolute Gasteiger partial charge is 0.272 e. The summed E-state index contributed by atoms with van der Waals surface area (Å²) in [6, 6.07) is 8.32. The summed E-state index contributed by atoms with van der Waals surface area (Å²) in [5, 5.41) is 5.23. The average Bonchev–Trinajstić information content (AvgIpc) is 3.48. The number of aromatic nitrogens is 4. The molecule has 1 aliphatic carbocycles. The van der Waals surface area contributed by atoms with Gasteiger partial charge in [-0.15, -0.1) is 0 Å². The maximum Gasteiger partial charge on any atom is 0.272 e. The van der Waals surface area contributed by atoms with E-state index in [1.165, 1.54) is 18.4 Å². The quantitative estimate of drug-likeness (QED) is 0.718. The SMILES string of the molecule is Cn1nccc1C(=O)N1CCC(c2ccc3cc(C4CC4)cnc3n2)CC1. The lowest BCUT2D eigenvalue weighted by molar-refractivity contribution is 0.0701. The van der Waals surface area contributed by atoms with E-state index >= 15 is 0 Å². The van der Waals surface area contributed by atoms with Gasteiger partial charge < -0.3 is 4.90 Å². The number of fused-ring (bicyclic) bond motifs is 1. The number of amides is 1. The van der Waals surface area contributed by atoms with Crippen molar-refractivity contribution >= 4 is 16.9 Å². The summed E-state index contributed by atoms with van der Waals surface area (Å²) >= 11 is 0. The van der Waals surface area contributed by atoms with Gasteiger partial charge in [0.2, 0.25) is 0 Å². The number of carbonyl (C=O) groups is 1. The third-order valence-electron chi connectivity index (χ3n) is 5.87. The van der Waals surface area contributed by atoms with Crippen molar-refractivity contribution in [1.29, 1.82) is 0 Å². The lowest BCUT2D eigenvalue weighted by Gasteiger charge is -2.31. The zero-order chi connectivity index (χ0) is 18.4. The van der Waals surface area contributed by atoms with Gasteiger partial charge in [-0.2, -0.15) is 5.10 Å². The van der Waals surface area contributed by atoms with Crippen LogP contribution in [0, 0.1) is 0 Å². The highest BCUT2D eigenvalue weighted by molar-refractivity contribution is 5.92. The van der Waals surface area contributed by atoms with E-state index in [9.17, 15) is 4.79 Å². The van der Waals surface area contributed by atoms with Gasteiger partial charge in [-0.1, -0.05) is 0 Å². The first-order chi connectivity index (χ1) is 13.2. The molecule has 0 spiro atoms. The van der Waals surface area contributed by atoms with Crippen LogP contribution in [0.5, 0.6) is 0 Å². The summed E-state index contributed by atoms with van der Waals surface area (Å²) in [6.07, 6.45) is 8.10. The Balaban J connectivity index is 1.29. The van der Waals surface area contributed by atoms with E-state index in [0.29, 0.717) is 17.5 Å². The number of aryl methyl sites for hydroxylation is 1. The number of piperidine rings is 1. The Kier molecular flexibility index (Phi) is 3.92. The van der Waals surface area contributed by atoms with Gasteiger partial charge in [-0.05, 0) is 61.4 Å². The van der Waals surface area contributed by atoms with Crippen LogP contribution in [0.4, 0.5) is 0 Å². The van der Waals surface area contributed by atoms with Crippen molar-refractivity contribution in [3.8, 4) is 0 Å². The van der Waals surface area contributed by atoms with Crippen molar-refractivity contribution in [1.82, 2.24) is 24.6 Å². The van der Waals surface area contributed by atoms with Gasteiger partial charge in [0.25, 0.3) is 5.91 Å². The minimum absolute atomic E-state index is 0.0641. The average molecular weight is 361 g/mol. The van der Waals surface area contributed by atoms with Crippen molar-refractivity contribution in [3.05, 3.63) is 53.6 Å². The Labute approximate surface area is 158 Å². The fraction of sp³-hybridized carbons (Fsp3) is 0.429. The Bertz CT molecular complexity index is 999. The largest absolute Gasteiger partial charge is 0.337 e. The molecule has 2 fully saturated rings. The van der Waals surface area contributed by atoms with Gasteiger partial charge in [0.15, 0.2) is 5.65 Å². The molecule has 0 unspecified atom stereocenters. The predicted molar refractivity (Wildman–Crippen MR) is 103 cm³/mol. The highest BCUT2D eigenvalue weighted by Gasteiger charge is 2.27. The van der Waals surface area contributed by atoms with Gasteiger partial charge in [0.1, 0.15) is 5.69 Å². The van der Waals surface area contributed by atoms with Crippen LogP contribution in [0.25, 0.3) is 11.0 Å². The number of likely N-dealkylation sites (tertiary alicyclic amines) is 1. The van der Waals surface area contributed by atoms with Crippen LogP contribution < -0.4 is 0 Å². The first kappa shape index (κ1) is 16.4. The number of hydrogen-bond donors (Lipinski definition) is 0. The van der Waals surface area contributed by atoms with E-state index in [4.69, 9.17) is 4.98 Å². The molecule has 138 valence electrons. The highest BCUT2D eigenvalue weighted by Crippen LogP contribution is 2.40. The fourth-order valence-corrected chi connectivity index (χ4v) is 4.03. The minimum atomic E-state index is 0.0641. The molecule has 3 aromatic heterocycles. The summed E-state index contributed by atoms with van der Waals surface area (Å²) in [5.41, 5.74) is 3.93. The molecule has 6 heteroatoms. The third kappa shape index (κ3) is 3.09. The lowest BCUT2D eigenvalue weighted by Crippen LogP contribution is -2.38.